The number of furan rings is 1. The second kappa shape index (κ2) is 8.11. The van der Waals surface area contributed by atoms with Gasteiger partial charge in [-0.05, 0) is 29.8 Å². The fraction of sp³-hybridized carbons (Fsp3) is 0. The molecule has 8 aromatic rings. The van der Waals surface area contributed by atoms with Crippen LogP contribution in [0.25, 0.3) is 72.1 Å². The lowest BCUT2D eigenvalue weighted by atomic mass is 10.0. The molecule has 4 heterocycles. The fourth-order valence-electron chi connectivity index (χ4n) is 5.48. The summed E-state index contributed by atoms with van der Waals surface area (Å²) < 4.78 is 8.71. The van der Waals surface area contributed by atoms with E-state index in [1.54, 1.807) is 6.20 Å². The third kappa shape index (κ3) is 3.02. The summed E-state index contributed by atoms with van der Waals surface area (Å²) in [6.45, 7) is 0. The summed E-state index contributed by atoms with van der Waals surface area (Å²) in [6.07, 6.45) is 5.56. The molecule has 0 aliphatic rings. The second-order valence-electron chi connectivity index (χ2n) is 9.32. The zero-order valence-corrected chi connectivity index (χ0v) is 20.2. The Morgan fingerprint density at radius 2 is 1.18 bits per heavy atom. The van der Waals surface area contributed by atoms with Crippen LogP contribution in [0.15, 0.2) is 126 Å². The Balaban J connectivity index is 1.29. The second-order valence-corrected chi connectivity index (χ2v) is 9.32. The van der Waals surface area contributed by atoms with Crippen LogP contribution in [-0.2, 0) is 0 Å². The number of hydrogen-bond acceptors (Lipinski definition) is 4. The van der Waals surface area contributed by atoms with E-state index in [4.69, 9.17) is 14.4 Å². The van der Waals surface area contributed by atoms with Crippen LogP contribution in [0.4, 0.5) is 0 Å². The zero-order chi connectivity index (χ0) is 25.1. The summed E-state index contributed by atoms with van der Waals surface area (Å²) in [5.41, 5.74) is 8.44. The van der Waals surface area contributed by atoms with Gasteiger partial charge >= 0.3 is 0 Å². The summed E-state index contributed by atoms with van der Waals surface area (Å²) in [4.78, 5) is 14.3. The predicted molar refractivity (Wildman–Crippen MR) is 152 cm³/mol. The zero-order valence-electron chi connectivity index (χ0n) is 20.2. The van der Waals surface area contributed by atoms with Crippen LogP contribution < -0.4 is 0 Å². The van der Waals surface area contributed by atoms with Crippen molar-refractivity contribution in [2.75, 3.05) is 0 Å². The first-order chi connectivity index (χ1) is 18.9. The molecule has 0 aliphatic heterocycles. The molecule has 0 radical (unpaired) electrons. The lowest BCUT2D eigenvalue weighted by molar-refractivity contribution is 0.670. The van der Waals surface area contributed by atoms with Gasteiger partial charge in [-0.25, -0.2) is 9.97 Å². The smallest absolute Gasteiger partial charge is 0.164 e. The molecule has 178 valence electrons. The van der Waals surface area contributed by atoms with Crippen molar-refractivity contribution >= 4 is 43.9 Å². The number of rotatable bonds is 3. The van der Waals surface area contributed by atoms with Crippen LogP contribution >= 0.6 is 0 Å². The van der Waals surface area contributed by atoms with Gasteiger partial charge in [0.05, 0.1) is 34.7 Å². The van der Waals surface area contributed by atoms with Crippen molar-refractivity contribution in [3.05, 3.63) is 122 Å². The molecule has 0 aliphatic carbocycles. The quantitative estimate of drug-likeness (QED) is 0.251. The Bertz CT molecular complexity index is 2070. The van der Waals surface area contributed by atoms with Crippen molar-refractivity contribution < 1.29 is 4.42 Å². The first-order valence-corrected chi connectivity index (χ1v) is 12.5. The van der Waals surface area contributed by atoms with Crippen LogP contribution in [0.5, 0.6) is 0 Å². The Morgan fingerprint density at radius 3 is 1.92 bits per heavy atom. The van der Waals surface area contributed by atoms with E-state index in [1.165, 1.54) is 10.8 Å². The van der Waals surface area contributed by atoms with E-state index in [2.05, 4.69) is 82.3 Å². The highest BCUT2D eigenvalue weighted by Gasteiger charge is 2.18. The van der Waals surface area contributed by atoms with Gasteiger partial charge in [-0.2, -0.15) is 0 Å². The highest BCUT2D eigenvalue weighted by Crippen LogP contribution is 2.38. The van der Waals surface area contributed by atoms with Crippen molar-refractivity contribution in [2.45, 2.75) is 0 Å². The number of aromatic nitrogens is 4. The molecule has 0 N–H and O–H groups in total. The van der Waals surface area contributed by atoms with Crippen LogP contribution in [0.2, 0.25) is 0 Å². The molecule has 0 unspecified atom stereocenters. The Labute approximate surface area is 217 Å². The SMILES string of the molecule is c1ccc(-c2cccc3c2oc2c(-c4ncc(-n5c6ccccc6c6ccccc65)cn4)ccnc23)cc1. The normalized spacial score (nSPS) is 11.7. The maximum absolute atomic E-state index is 6.49. The van der Waals surface area contributed by atoms with Gasteiger partial charge in [-0.1, -0.05) is 78.9 Å². The Hall–Kier alpha value is -5.29. The van der Waals surface area contributed by atoms with Crippen LogP contribution in [0.1, 0.15) is 0 Å². The number of pyridine rings is 1. The van der Waals surface area contributed by atoms with Gasteiger partial charge < -0.3 is 8.98 Å². The third-order valence-corrected chi connectivity index (χ3v) is 7.18. The Morgan fingerprint density at radius 1 is 0.526 bits per heavy atom. The molecule has 8 rings (SSSR count). The van der Waals surface area contributed by atoms with Gasteiger partial charge in [0.25, 0.3) is 0 Å². The molecule has 38 heavy (non-hydrogen) atoms. The maximum Gasteiger partial charge on any atom is 0.164 e. The summed E-state index contributed by atoms with van der Waals surface area (Å²) >= 11 is 0. The molecular formula is C33H20N4O. The van der Waals surface area contributed by atoms with E-state index >= 15 is 0 Å². The summed E-state index contributed by atoms with van der Waals surface area (Å²) in [6, 6.07) is 35.2. The van der Waals surface area contributed by atoms with Crippen LogP contribution in [0.3, 0.4) is 0 Å². The summed E-state index contributed by atoms with van der Waals surface area (Å²) in [5, 5.41) is 3.39. The fourth-order valence-corrected chi connectivity index (χ4v) is 5.48. The number of fused-ring (bicyclic) bond motifs is 6. The van der Waals surface area contributed by atoms with E-state index in [0.29, 0.717) is 11.4 Å². The van der Waals surface area contributed by atoms with Crippen LogP contribution in [-0.4, -0.2) is 19.5 Å². The molecule has 5 nitrogen and oxygen atoms in total. The lowest BCUT2D eigenvalue weighted by Crippen LogP contribution is -1.98. The standard InChI is InChI=1S/C33H20N4O/c1-2-9-21(10-3-1)23-13-8-14-26-30-32(38-31(23)26)27(17-18-34-30)33-35-19-22(20-36-33)37-28-15-6-4-11-24(28)25-12-5-7-16-29(25)37/h1-20H. The van der Waals surface area contributed by atoms with Gasteiger partial charge in [-0.3, -0.25) is 4.98 Å². The van der Waals surface area contributed by atoms with E-state index in [1.807, 2.05) is 42.7 Å². The molecule has 0 fully saturated rings. The van der Waals surface area contributed by atoms with Gasteiger partial charge in [0.2, 0.25) is 0 Å². The molecule has 4 aromatic heterocycles. The van der Waals surface area contributed by atoms with E-state index < -0.39 is 0 Å². The molecule has 0 atom stereocenters. The first kappa shape index (κ1) is 20.9. The molecule has 4 aromatic carbocycles. The number of hydrogen-bond donors (Lipinski definition) is 0. The average molecular weight is 489 g/mol. The largest absolute Gasteiger partial charge is 0.453 e. The molecular weight excluding hydrogens is 468 g/mol. The molecule has 0 spiro atoms. The molecule has 0 saturated heterocycles. The van der Waals surface area contributed by atoms with Gasteiger partial charge in [0, 0.05) is 27.9 Å². The minimum Gasteiger partial charge on any atom is -0.453 e. The molecule has 0 bridgehead atoms. The third-order valence-electron chi connectivity index (χ3n) is 7.18. The van der Waals surface area contributed by atoms with Crippen molar-refractivity contribution in [3.63, 3.8) is 0 Å². The van der Waals surface area contributed by atoms with Crippen molar-refractivity contribution in [3.8, 4) is 28.2 Å². The minimum atomic E-state index is 0.599. The average Bonchev–Trinajstić information content (AvgIpc) is 3.54. The van der Waals surface area contributed by atoms with Gasteiger partial charge in [0.15, 0.2) is 11.4 Å². The van der Waals surface area contributed by atoms with E-state index in [0.717, 1.165) is 49.9 Å². The first-order valence-electron chi connectivity index (χ1n) is 12.5. The highest BCUT2D eigenvalue weighted by atomic mass is 16.3. The topological polar surface area (TPSA) is 56.7 Å². The monoisotopic (exact) mass is 488 g/mol. The number of para-hydroxylation sites is 3. The predicted octanol–water partition coefficient (Wildman–Crippen LogP) is 8.20. The van der Waals surface area contributed by atoms with Crippen molar-refractivity contribution in [2.24, 2.45) is 0 Å². The van der Waals surface area contributed by atoms with Crippen LogP contribution in [0, 0.1) is 0 Å². The van der Waals surface area contributed by atoms with Gasteiger partial charge in [-0.15, -0.1) is 0 Å². The van der Waals surface area contributed by atoms with Crippen molar-refractivity contribution in [1.29, 1.82) is 0 Å². The minimum absolute atomic E-state index is 0.599. The number of nitrogens with zero attached hydrogens (tertiary/aromatic N) is 4. The molecule has 0 amide bonds. The Kier molecular flexibility index (Phi) is 4.45. The number of benzene rings is 4. The van der Waals surface area contributed by atoms with E-state index in [9.17, 15) is 0 Å². The molecule has 0 saturated carbocycles. The van der Waals surface area contributed by atoms with Crippen molar-refractivity contribution in [1.82, 2.24) is 19.5 Å². The summed E-state index contributed by atoms with van der Waals surface area (Å²) in [7, 11) is 0. The van der Waals surface area contributed by atoms with Gasteiger partial charge in [0.1, 0.15) is 11.1 Å². The lowest BCUT2D eigenvalue weighted by Gasteiger charge is -2.08. The molecule has 5 heteroatoms. The maximum atomic E-state index is 6.49. The summed E-state index contributed by atoms with van der Waals surface area (Å²) in [5.74, 6) is 0.599. The van der Waals surface area contributed by atoms with E-state index in [-0.39, 0.29) is 0 Å². The highest BCUT2D eigenvalue weighted by molar-refractivity contribution is 6.11.